The molecule has 3 rings (SSSR count). The van der Waals surface area contributed by atoms with E-state index in [4.69, 9.17) is 5.73 Å². The van der Waals surface area contributed by atoms with Gasteiger partial charge in [-0.1, -0.05) is 6.07 Å². The van der Waals surface area contributed by atoms with Crippen molar-refractivity contribution >= 4 is 5.69 Å². The normalized spacial score (nSPS) is 22.8. The number of fused-ring (bicyclic) bond motifs is 1. The number of rotatable bonds is 5. The SMILES string of the molecule is Nc1ccc2c(c1)CCC2NCCCN1CCCC1. The Bertz CT molecular complexity index is 424. The van der Waals surface area contributed by atoms with Gasteiger partial charge in [0.05, 0.1) is 0 Å². The van der Waals surface area contributed by atoms with Crippen LogP contribution in [0.3, 0.4) is 0 Å². The number of nitrogens with two attached hydrogens (primary N) is 1. The standard InChI is InChI=1S/C16H25N3/c17-14-5-6-15-13(12-14)4-7-16(15)18-8-3-11-19-9-1-2-10-19/h5-6,12,16,18H,1-4,7-11,17H2. The summed E-state index contributed by atoms with van der Waals surface area (Å²) >= 11 is 0. The van der Waals surface area contributed by atoms with Crippen LogP contribution in [0, 0.1) is 0 Å². The van der Waals surface area contributed by atoms with Gasteiger partial charge in [0.25, 0.3) is 0 Å². The van der Waals surface area contributed by atoms with Crippen molar-refractivity contribution in [3.05, 3.63) is 29.3 Å². The van der Waals surface area contributed by atoms with Gasteiger partial charge in [0.1, 0.15) is 0 Å². The highest BCUT2D eigenvalue weighted by Crippen LogP contribution is 2.32. The maximum atomic E-state index is 5.84. The number of likely N-dealkylation sites (tertiary alicyclic amines) is 1. The first-order valence-corrected chi connectivity index (χ1v) is 7.67. The van der Waals surface area contributed by atoms with Crippen LogP contribution in [0.15, 0.2) is 18.2 Å². The lowest BCUT2D eigenvalue weighted by molar-refractivity contribution is 0.327. The fourth-order valence-corrected chi connectivity index (χ4v) is 3.43. The number of nitrogens with zero attached hydrogens (tertiary/aromatic N) is 1. The molecule has 3 N–H and O–H groups in total. The van der Waals surface area contributed by atoms with E-state index >= 15 is 0 Å². The molecule has 0 bridgehead atoms. The summed E-state index contributed by atoms with van der Waals surface area (Å²) in [4.78, 5) is 2.59. The predicted molar refractivity (Wildman–Crippen MR) is 80.2 cm³/mol. The van der Waals surface area contributed by atoms with Crippen LogP contribution in [-0.4, -0.2) is 31.1 Å². The first-order chi connectivity index (χ1) is 9.33. The van der Waals surface area contributed by atoms with E-state index in [2.05, 4.69) is 22.3 Å². The largest absolute Gasteiger partial charge is 0.399 e. The van der Waals surface area contributed by atoms with E-state index in [1.165, 1.54) is 62.9 Å². The van der Waals surface area contributed by atoms with Gasteiger partial charge >= 0.3 is 0 Å². The van der Waals surface area contributed by atoms with Crippen LogP contribution in [0.25, 0.3) is 0 Å². The summed E-state index contributed by atoms with van der Waals surface area (Å²) in [6.45, 7) is 5.01. The minimum Gasteiger partial charge on any atom is -0.399 e. The zero-order chi connectivity index (χ0) is 13.1. The third-order valence-corrected chi connectivity index (χ3v) is 4.49. The van der Waals surface area contributed by atoms with E-state index in [-0.39, 0.29) is 0 Å². The molecule has 0 aromatic heterocycles. The number of hydrogen-bond donors (Lipinski definition) is 2. The van der Waals surface area contributed by atoms with E-state index in [1.54, 1.807) is 0 Å². The van der Waals surface area contributed by atoms with Gasteiger partial charge in [-0.3, -0.25) is 0 Å². The number of anilines is 1. The molecule has 1 aromatic carbocycles. The molecule has 1 heterocycles. The molecule has 19 heavy (non-hydrogen) atoms. The Labute approximate surface area is 116 Å². The molecule has 104 valence electrons. The van der Waals surface area contributed by atoms with Crippen LogP contribution in [0.2, 0.25) is 0 Å². The lowest BCUT2D eigenvalue weighted by atomic mass is 10.1. The number of aryl methyl sites for hydroxylation is 1. The summed E-state index contributed by atoms with van der Waals surface area (Å²) in [7, 11) is 0. The highest BCUT2D eigenvalue weighted by molar-refractivity contribution is 5.47. The number of hydrogen-bond acceptors (Lipinski definition) is 3. The van der Waals surface area contributed by atoms with E-state index in [0.29, 0.717) is 6.04 Å². The summed E-state index contributed by atoms with van der Waals surface area (Å²) in [6, 6.07) is 6.93. The second kappa shape index (κ2) is 5.93. The van der Waals surface area contributed by atoms with Gasteiger partial charge in [0, 0.05) is 11.7 Å². The zero-order valence-corrected chi connectivity index (χ0v) is 11.7. The molecule has 3 nitrogen and oxygen atoms in total. The van der Waals surface area contributed by atoms with Crippen molar-refractivity contribution in [2.75, 3.05) is 31.9 Å². The van der Waals surface area contributed by atoms with E-state index in [0.717, 1.165) is 12.2 Å². The Morgan fingerprint density at radius 2 is 2.11 bits per heavy atom. The molecule has 1 aliphatic carbocycles. The topological polar surface area (TPSA) is 41.3 Å². The lowest BCUT2D eigenvalue weighted by Crippen LogP contribution is -2.26. The third-order valence-electron chi connectivity index (χ3n) is 4.49. The van der Waals surface area contributed by atoms with Crippen LogP contribution in [0.4, 0.5) is 5.69 Å². The molecule has 1 fully saturated rings. The summed E-state index contributed by atoms with van der Waals surface area (Å²) in [5, 5.41) is 3.71. The van der Waals surface area contributed by atoms with Crippen LogP contribution in [0.5, 0.6) is 0 Å². The van der Waals surface area contributed by atoms with Gasteiger partial charge in [-0.2, -0.15) is 0 Å². The van der Waals surface area contributed by atoms with Gasteiger partial charge < -0.3 is 16.0 Å². The number of nitrogens with one attached hydrogen (secondary N) is 1. The van der Waals surface area contributed by atoms with Gasteiger partial charge in [-0.25, -0.2) is 0 Å². The molecular formula is C16H25N3. The maximum Gasteiger partial charge on any atom is 0.0326 e. The molecule has 1 aliphatic heterocycles. The van der Waals surface area contributed by atoms with E-state index in [1.807, 2.05) is 6.07 Å². The molecular weight excluding hydrogens is 234 g/mol. The Morgan fingerprint density at radius 1 is 1.26 bits per heavy atom. The van der Waals surface area contributed by atoms with Crippen LogP contribution in [-0.2, 0) is 6.42 Å². The molecule has 2 aliphatic rings. The van der Waals surface area contributed by atoms with Crippen molar-refractivity contribution in [1.82, 2.24) is 10.2 Å². The molecule has 1 unspecified atom stereocenters. The smallest absolute Gasteiger partial charge is 0.0326 e. The van der Waals surface area contributed by atoms with Gasteiger partial charge in [0.2, 0.25) is 0 Å². The first kappa shape index (κ1) is 12.9. The van der Waals surface area contributed by atoms with Crippen molar-refractivity contribution < 1.29 is 0 Å². The summed E-state index contributed by atoms with van der Waals surface area (Å²) in [5.74, 6) is 0. The summed E-state index contributed by atoms with van der Waals surface area (Å²) in [6.07, 6.45) is 6.45. The fraction of sp³-hybridized carbons (Fsp3) is 0.625. The second-order valence-corrected chi connectivity index (χ2v) is 5.91. The first-order valence-electron chi connectivity index (χ1n) is 7.67. The molecule has 3 heteroatoms. The molecule has 0 spiro atoms. The minimum atomic E-state index is 0.550. The molecule has 0 radical (unpaired) electrons. The molecule has 0 saturated carbocycles. The molecule has 0 amide bonds. The second-order valence-electron chi connectivity index (χ2n) is 5.91. The number of nitrogen functional groups attached to an aromatic ring is 1. The van der Waals surface area contributed by atoms with E-state index < -0.39 is 0 Å². The van der Waals surface area contributed by atoms with Crippen molar-refractivity contribution in [2.24, 2.45) is 0 Å². The third kappa shape index (κ3) is 3.10. The monoisotopic (exact) mass is 259 g/mol. The minimum absolute atomic E-state index is 0.550. The van der Waals surface area contributed by atoms with E-state index in [9.17, 15) is 0 Å². The van der Waals surface area contributed by atoms with Crippen LogP contribution >= 0.6 is 0 Å². The van der Waals surface area contributed by atoms with Crippen LogP contribution in [0.1, 0.15) is 42.9 Å². The van der Waals surface area contributed by atoms with Gasteiger partial charge in [0.15, 0.2) is 0 Å². The quantitative estimate of drug-likeness (QED) is 0.630. The van der Waals surface area contributed by atoms with Crippen molar-refractivity contribution in [3.8, 4) is 0 Å². The average molecular weight is 259 g/mol. The Kier molecular flexibility index (Phi) is 4.04. The molecule has 1 aromatic rings. The fourth-order valence-electron chi connectivity index (χ4n) is 3.43. The average Bonchev–Trinajstić information content (AvgIpc) is 3.03. The zero-order valence-electron chi connectivity index (χ0n) is 11.7. The Morgan fingerprint density at radius 3 is 2.95 bits per heavy atom. The summed E-state index contributed by atoms with van der Waals surface area (Å²) < 4.78 is 0. The highest BCUT2D eigenvalue weighted by atomic mass is 15.1. The van der Waals surface area contributed by atoms with Crippen molar-refractivity contribution in [2.45, 2.75) is 38.1 Å². The predicted octanol–water partition coefficient (Wildman–Crippen LogP) is 2.33. The van der Waals surface area contributed by atoms with Gasteiger partial charge in [-0.15, -0.1) is 0 Å². The molecule has 1 atom stereocenters. The van der Waals surface area contributed by atoms with Crippen molar-refractivity contribution in [3.63, 3.8) is 0 Å². The van der Waals surface area contributed by atoms with Crippen LogP contribution < -0.4 is 11.1 Å². The Balaban J connectivity index is 1.44. The van der Waals surface area contributed by atoms with Gasteiger partial charge in [-0.05, 0) is 81.5 Å². The number of benzene rings is 1. The highest BCUT2D eigenvalue weighted by Gasteiger charge is 2.21. The lowest BCUT2D eigenvalue weighted by Gasteiger charge is -2.17. The van der Waals surface area contributed by atoms with Crippen molar-refractivity contribution in [1.29, 1.82) is 0 Å². The summed E-state index contributed by atoms with van der Waals surface area (Å²) in [5.41, 5.74) is 9.65. The maximum absolute atomic E-state index is 5.84. The molecule has 1 saturated heterocycles. The Hall–Kier alpha value is -1.06.